The highest BCUT2D eigenvalue weighted by atomic mass is 16.4. The highest BCUT2D eigenvalue weighted by Gasteiger charge is 2.13. The standard InChI is InChI=1S/C9H15N3O2/c1-10-8(9(13)14)6-11-5-7-3-2-4-12-7/h2-4,8,10-12H,5-6H2,1H3,(H,13,14). The van der Waals surface area contributed by atoms with Crippen LogP contribution in [0.25, 0.3) is 0 Å². The van der Waals surface area contributed by atoms with Crippen LogP contribution in [0.2, 0.25) is 0 Å². The highest BCUT2D eigenvalue weighted by molar-refractivity contribution is 5.73. The summed E-state index contributed by atoms with van der Waals surface area (Å²) in [7, 11) is 1.63. The molecule has 5 heteroatoms. The maximum atomic E-state index is 10.6. The number of aromatic amines is 1. The summed E-state index contributed by atoms with van der Waals surface area (Å²) in [6.45, 7) is 1.06. The number of carboxylic acid groups (broad SMARTS) is 1. The quantitative estimate of drug-likeness (QED) is 0.508. The van der Waals surface area contributed by atoms with Gasteiger partial charge in [0.25, 0.3) is 0 Å². The maximum Gasteiger partial charge on any atom is 0.322 e. The van der Waals surface area contributed by atoms with Gasteiger partial charge in [-0.25, -0.2) is 0 Å². The van der Waals surface area contributed by atoms with E-state index in [1.54, 1.807) is 7.05 Å². The molecule has 1 rings (SSSR count). The Balaban J connectivity index is 2.23. The molecule has 0 aliphatic rings. The molecule has 14 heavy (non-hydrogen) atoms. The third kappa shape index (κ3) is 3.20. The molecule has 1 atom stereocenters. The minimum Gasteiger partial charge on any atom is -0.480 e. The lowest BCUT2D eigenvalue weighted by Crippen LogP contribution is -2.42. The van der Waals surface area contributed by atoms with E-state index in [1.165, 1.54) is 0 Å². The van der Waals surface area contributed by atoms with Crippen molar-refractivity contribution >= 4 is 5.97 Å². The fraction of sp³-hybridized carbons (Fsp3) is 0.444. The van der Waals surface area contributed by atoms with E-state index >= 15 is 0 Å². The minimum absolute atomic E-state index is 0.408. The van der Waals surface area contributed by atoms with E-state index in [9.17, 15) is 4.79 Å². The van der Waals surface area contributed by atoms with Crippen LogP contribution < -0.4 is 10.6 Å². The molecule has 0 aromatic carbocycles. The number of carbonyl (C=O) groups is 1. The van der Waals surface area contributed by atoms with Crippen molar-refractivity contribution in [2.24, 2.45) is 0 Å². The Morgan fingerprint density at radius 3 is 3.00 bits per heavy atom. The number of nitrogens with one attached hydrogen (secondary N) is 3. The van der Waals surface area contributed by atoms with Crippen LogP contribution in [-0.2, 0) is 11.3 Å². The summed E-state index contributed by atoms with van der Waals surface area (Å²) in [4.78, 5) is 13.6. The number of aromatic nitrogens is 1. The second kappa shape index (κ2) is 5.41. The predicted molar refractivity (Wildman–Crippen MR) is 53.0 cm³/mol. The molecule has 4 N–H and O–H groups in total. The number of H-pyrrole nitrogens is 1. The van der Waals surface area contributed by atoms with E-state index < -0.39 is 12.0 Å². The fourth-order valence-corrected chi connectivity index (χ4v) is 1.14. The summed E-state index contributed by atoms with van der Waals surface area (Å²) in [6, 6.07) is 3.32. The third-order valence-electron chi connectivity index (χ3n) is 1.97. The van der Waals surface area contributed by atoms with Gasteiger partial charge >= 0.3 is 5.97 Å². The predicted octanol–water partition coefficient (Wildman–Crippen LogP) is -0.223. The Morgan fingerprint density at radius 1 is 1.71 bits per heavy atom. The Morgan fingerprint density at radius 2 is 2.50 bits per heavy atom. The lowest BCUT2D eigenvalue weighted by Gasteiger charge is -2.11. The van der Waals surface area contributed by atoms with E-state index in [2.05, 4.69) is 15.6 Å². The van der Waals surface area contributed by atoms with Gasteiger partial charge in [0.1, 0.15) is 6.04 Å². The molecule has 0 bridgehead atoms. The van der Waals surface area contributed by atoms with E-state index in [-0.39, 0.29) is 0 Å². The lowest BCUT2D eigenvalue weighted by atomic mass is 10.3. The maximum absolute atomic E-state index is 10.6. The molecule has 0 amide bonds. The molecule has 0 saturated heterocycles. The smallest absolute Gasteiger partial charge is 0.322 e. The molecular weight excluding hydrogens is 182 g/mol. The van der Waals surface area contributed by atoms with Crippen LogP contribution in [0.3, 0.4) is 0 Å². The molecule has 1 heterocycles. The number of hydrogen-bond acceptors (Lipinski definition) is 3. The summed E-state index contributed by atoms with van der Waals surface area (Å²) in [5, 5.41) is 14.5. The van der Waals surface area contributed by atoms with Crippen LogP contribution in [0.1, 0.15) is 5.69 Å². The van der Waals surface area contributed by atoms with E-state index in [0.29, 0.717) is 13.1 Å². The molecule has 0 aliphatic heterocycles. The van der Waals surface area contributed by atoms with Gasteiger partial charge in [-0.15, -0.1) is 0 Å². The summed E-state index contributed by atoms with van der Waals surface area (Å²) in [6.07, 6.45) is 1.84. The average molecular weight is 197 g/mol. The van der Waals surface area contributed by atoms with Crippen LogP contribution in [0.15, 0.2) is 18.3 Å². The Kier molecular flexibility index (Phi) is 4.15. The fourth-order valence-electron chi connectivity index (χ4n) is 1.14. The summed E-state index contributed by atoms with van der Waals surface area (Å²) in [5.74, 6) is -0.841. The van der Waals surface area contributed by atoms with Crippen molar-refractivity contribution in [1.82, 2.24) is 15.6 Å². The molecule has 0 fully saturated rings. The van der Waals surface area contributed by atoms with Crippen molar-refractivity contribution in [3.63, 3.8) is 0 Å². The second-order valence-corrected chi connectivity index (χ2v) is 3.01. The molecule has 0 radical (unpaired) electrons. The average Bonchev–Trinajstić information content (AvgIpc) is 2.64. The zero-order valence-electron chi connectivity index (χ0n) is 8.08. The molecule has 0 spiro atoms. The van der Waals surface area contributed by atoms with Crippen LogP contribution in [-0.4, -0.2) is 35.7 Å². The number of carboxylic acids is 1. The van der Waals surface area contributed by atoms with Crippen molar-refractivity contribution < 1.29 is 9.90 Å². The topological polar surface area (TPSA) is 77.1 Å². The molecule has 0 aliphatic carbocycles. The highest BCUT2D eigenvalue weighted by Crippen LogP contribution is 1.92. The first-order valence-electron chi connectivity index (χ1n) is 4.47. The van der Waals surface area contributed by atoms with Crippen molar-refractivity contribution in [2.45, 2.75) is 12.6 Å². The van der Waals surface area contributed by atoms with Crippen molar-refractivity contribution in [3.8, 4) is 0 Å². The molecule has 1 aromatic heterocycles. The van der Waals surface area contributed by atoms with Gasteiger partial charge in [-0.2, -0.15) is 0 Å². The molecule has 5 nitrogen and oxygen atoms in total. The van der Waals surface area contributed by atoms with E-state index in [4.69, 9.17) is 5.11 Å². The summed E-state index contributed by atoms with van der Waals surface area (Å²) in [5.41, 5.74) is 1.05. The Bertz CT molecular complexity index is 272. The van der Waals surface area contributed by atoms with E-state index in [0.717, 1.165) is 5.69 Å². The Hall–Kier alpha value is -1.33. The van der Waals surface area contributed by atoms with Gasteiger partial charge in [0.2, 0.25) is 0 Å². The normalized spacial score (nSPS) is 12.6. The van der Waals surface area contributed by atoms with Crippen LogP contribution in [0, 0.1) is 0 Å². The lowest BCUT2D eigenvalue weighted by molar-refractivity contribution is -0.139. The van der Waals surface area contributed by atoms with Gasteiger partial charge in [0, 0.05) is 25.0 Å². The molecular formula is C9H15N3O2. The van der Waals surface area contributed by atoms with Crippen molar-refractivity contribution in [3.05, 3.63) is 24.0 Å². The first-order valence-corrected chi connectivity index (χ1v) is 4.47. The summed E-state index contributed by atoms with van der Waals surface area (Å²) < 4.78 is 0. The number of aliphatic carboxylic acids is 1. The minimum atomic E-state index is -0.841. The monoisotopic (exact) mass is 197 g/mol. The van der Waals surface area contributed by atoms with Gasteiger partial charge in [-0.3, -0.25) is 4.79 Å². The van der Waals surface area contributed by atoms with Gasteiger partial charge in [-0.1, -0.05) is 0 Å². The van der Waals surface area contributed by atoms with Crippen molar-refractivity contribution in [1.29, 1.82) is 0 Å². The zero-order valence-corrected chi connectivity index (χ0v) is 8.08. The second-order valence-electron chi connectivity index (χ2n) is 3.01. The van der Waals surface area contributed by atoms with Crippen LogP contribution >= 0.6 is 0 Å². The van der Waals surface area contributed by atoms with Crippen LogP contribution in [0.4, 0.5) is 0 Å². The SMILES string of the molecule is CNC(CNCc1ccc[nH]1)C(=O)O. The van der Waals surface area contributed by atoms with Crippen LogP contribution in [0.5, 0.6) is 0 Å². The summed E-state index contributed by atoms with van der Waals surface area (Å²) >= 11 is 0. The van der Waals surface area contributed by atoms with Gasteiger partial charge in [0.05, 0.1) is 0 Å². The first-order chi connectivity index (χ1) is 6.74. The van der Waals surface area contributed by atoms with Crippen molar-refractivity contribution in [2.75, 3.05) is 13.6 Å². The van der Waals surface area contributed by atoms with Gasteiger partial charge in [0.15, 0.2) is 0 Å². The number of likely N-dealkylation sites (N-methyl/N-ethyl adjacent to an activating group) is 1. The molecule has 78 valence electrons. The zero-order chi connectivity index (χ0) is 10.4. The largest absolute Gasteiger partial charge is 0.480 e. The third-order valence-corrected chi connectivity index (χ3v) is 1.97. The first kappa shape index (κ1) is 10.7. The van der Waals surface area contributed by atoms with Gasteiger partial charge in [-0.05, 0) is 19.2 Å². The molecule has 1 aromatic rings. The van der Waals surface area contributed by atoms with E-state index in [1.807, 2.05) is 18.3 Å². The molecule has 0 saturated carbocycles. The molecule has 1 unspecified atom stereocenters. The Labute approximate surface area is 82.5 Å². The number of rotatable bonds is 6. The van der Waals surface area contributed by atoms with Gasteiger partial charge < -0.3 is 20.7 Å². The number of hydrogen-bond donors (Lipinski definition) is 4.